The summed E-state index contributed by atoms with van der Waals surface area (Å²) < 4.78 is 10.1. The molecule has 0 fully saturated rings. The molecule has 1 amide bonds. The van der Waals surface area contributed by atoms with E-state index in [0.717, 1.165) is 24.8 Å². The summed E-state index contributed by atoms with van der Waals surface area (Å²) in [5.41, 5.74) is 0.867. The van der Waals surface area contributed by atoms with Gasteiger partial charge in [-0.1, -0.05) is 115 Å². The van der Waals surface area contributed by atoms with Crippen LogP contribution in [0.2, 0.25) is 0 Å². The highest BCUT2D eigenvalue weighted by atomic mass is 16.5. The number of carbonyl (C=O) groups excluding carboxylic acids is 4. The zero-order chi connectivity index (χ0) is 29.6. The fourth-order valence-corrected chi connectivity index (χ4v) is 4.71. The number of ketones is 1. The number of hydrogen-bond acceptors (Lipinski definition) is 6. The van der Waals surface area contributed by atoms with Crippen LogP contribution in [-0.2, 0) is 35.3 Å². The van der Waals surface area contributed by atoms with E-state index in [9.17, 15) is 19.2 Å². The van der Waals surface area contributed by atoms with Crippen LogP contribution in [0.1, 0.15) is 123 Å². The molecule has 0 aliphatic rings. The molecule has 0 spiro atoms. The normalized spacial score (nSPS) is 12.5. The van der Waals surface area contributed by atoms with Gasteiger partial charge in [0.1, 0.15) is 18.4 Å². The minimum Gasteiger partial charge on any atom is -0.467 e. The lowest BCUT2D eigenvalue weighted by molar-refractivity contribution is -0.148. The second-order valence-corrected chi connectivity index (χ2v) is 11.1. The highest BCUT2D eigenvalue weighted by Crippen LogP contribution is 2.19. The van der Waals surface area contributed by atoms with Crippen LogP contribution in [0.15, 0.2) is 30.3 Å². The van der Waals surface area contributed by atoms with E-state index >= 15 is 0 Å². The molecule has 0 aliphatic heterocycles. The molecule has 1 aromatic rings. The summed E-state index contributed by atoms with van der Waals surface area (Å²) in [4.78, 5) is 50.3. The third-order valence-electron chi connectivity index (χ3n) is 7.33. The monoisotopic (exact) mass is 559 g/mol. The second kappa shape index (κ2) is 22.0. The first-order valence-corrected chi connectivity index (χ1v) is 15.4. The minimum absolute atomic E-state index is 0.0446. The van der Waals surface area contributed by atoms with Crippen LogP contribution in [0.25, 0.3) is 0 Å². The van der Waals surface area contributed by atoms with Gasteiger partial charge in [0.15, 0.2) is 0 Å². The Kier molecular flexibility index (Phi) is 19.5. The molecule has 0 aliphatic carbocycles. The van der Waals surface area contributed by atoms with Gasteiger partial charge >= 0.3 is 11.9 Å². The van der Waals surface area contributed by atoms with E-state index in [4.69, 9.17) is 9.47 Å². The lowest BCUT2D eigenvalue weighted by Crippen LogP contribution is -2.46. The van der Waals surface area contributed by atoms with Crippen LogP contribution in [0.4, 0.5) is 0 Å². The molecule has 7 heteroatoms. The van der Waals surface area contributed by atoms with Gasteiger partial charge in [0.2, 0.25) is 5.91 Å². The van der Waals surface area contributed by atoms with Crippen molar-refractivity contribution in [2.24, 2.45) is 11.8 Å². The Hall–Kier alpha value is -2.70. The first-order valence-electron chi connectivity index (χ1n) is 15.4. The fraction of sp³-hybridized carbons (Fsp3) is 0.697. The highest BCUT2D eigenvalue weighted by molar-refractivity contribution is 5.90. The molecule has 2 atom stereocenters. The highest BCUT2D eigenvalue weighted by Gasteiger charge is 2.30. The van der Waals surface area contributed by atoms with Crippen LogP contribution in [0, 0.1) is 11.8 Å². The van der Waals surface area contributed by atoms with Gasteiger partial charge in [0.05, 0.1) is 7.11 Å². The minimum atomic E-state index is -0.982. The summed E-state index contributed by atoms with van der Waals surface area (Å²) in [6, 6.07) is 8.33. The zero-order valence-corrected chi connectivity index (χ0v) is 25.4. The summed E-state index contributed by atoms with van der Waals surface area (Å²) in [6.07, 6.45) is 14.1. The van der Waals surface area contributed by atoms with Gasteiger partial charge in [0.25, 0.3) is 0 Å². The lowest BCUT2D eigenvalue weighted by atomic mass is 9.88. The molecule has 0 radical (unpaired) electrons. The molecule has 0 saturated carbocycles. The van der Waals surface area contributed by atoms with Gasteiger partial charge < -0.3 is 14.8 Å². The van der Waals surface area contributed by atoms with Crippen molar-refractivity contribution in [2.75, 3.05) is 7.11 Å². The van der Waals surface area contributed by atoms with Crippen molar-refractivity contribution in [3.05, 3.63) is 35.9 Å². The smallest absolute Gasteiger partial charge is 0.328 e. The van der Waals surface area contributed by atoms with Gasteiger partial charge in [-0.25, -0.2) is 4.79 Å². The van der Waals surface area contributed by atoms with Crippen LogP contribution in [-0.4, -0.2) is 36.8 Å². The average Bonchev–Trinajstić information content (AvgIpc) is 2.95. The Morgan fingerprint density at radius 2 is 1.38 bits per heavy atom. The molecular weight excluding hydrogens is 506 g/mol. The summed E-state index contributed by atoms with van der Waals surface area (Å²) in [5.74, 6) is -2.00. The fourth-order valence-electron chi connectivity index (χ4n) is 4.71. The number of nitrogens with one attached hydrogen (secondary N) is 1. The molecule has 0 bridgehead atoms. The number of amides is 1. The number of esters is 2. The molecule has 0 aromatic heterocycles. The van der Waals surface area contributed by atoms with E-state index < -0.39 is 23.9 Å². The molecule has 0 heterocycles. The zero-order valence-electron chi connectivity index (χ0n) is 25.4. The second-order valence-electron chi connectivity index (χ2n) is 11.1. The number of carbonyl (C=O) groups is 4. The molecule has 1 rings (SSSR count). The summed E-state index contributed by atoms with van der Waals surface area (Å²) in [5, 5.41) is 2.72. The van der Waals surface area contributed by atoms with E-state index in [1.54, 1.807) is 0 Å². The van der Waals surface area contributed by atoms with Gasteiger partial charge in [-0.3, -0.25) is 14.4 Å². The van der Waals surface area contributed by atoms with Gasteiger partial charge in [-0.15, -0.1) is 0 Å². The predicted molar refractivity (Wildman–Crippen MR) is 158 cm³/mol. The summed E-state index contributed by atoms with van der Waals surface area (Å²) in [7, 11) is 1.24. The Balaban J connectivity index is 2.40. The largest absolute Gasteiger partial charge is 0.467 e. The molecule has 1 aromatic carbocycles. The maximum Gasteiger partial charge on any atom is 0.328 e. The molecule has 0 unspecified atom stereocenters. The van der Waals surface area contributed by atoms with Crippen LogP contribution >= 0.6 is 0 Å². The molecule has 0 saturated heterocycles. The topological polar surface area (TPSA) is 98.8 Å². The van der Waals surface area contributed by atoms with Crippen LogP contribution in [0.3, 0.4) is 0 Å². The number of unbranched alkanes of at least 4 members (excludes halogenated alkanes) is 10. The summed E-state index contributed by atoms with van der Waals surface area (Å²) in [6.45, 7) is 6.17. The number of hydrogen-bond donors (Lipinski definition) is 1. The van der Waals surface area contributed by atoms with Crippen molar-refractivity contribution >= 4 is 23.6 Å². The average molecular weight is 560 g/mol. The van der Waals surface area contributed by atoms with Crippen molar-refractivity contribution in [2.45, 2.75) is 130 Å². The maximum atomic E-state index is 13.1. The predicted octanol–water partition coefficient (Wildman–Crippen LogP) is 7.10. The maximum absolute atomic E-state index is 13.1. The van der Waals surface area contributed by atoms with Crippen molar-refractivity contribution in [1.29, 1.82) is 0 Å². The van der Waals surface area contributed by atoms with Crippen molar-refractivity contribution in [3.8, 4) is 0 Å². The molecular formula is C33H53NO6. The lowest BCUT2D eigenvalue weighted by Gasteiger charge is -2.23. The van der Waals surface area contributed by atoms with E-state index in [-0.39, 0.29) is 43.5 Å². The number of benzene rings is 1. The first-order chi connectivity index (χ1) is 19.3. The van der Waals surface area contributed by atoms with Crippen molar-refractivity contribution in [3.63, 3.8) is 0 Å². The van der Waals surface area contributed by atoms with Gasteiger partial charge in [-0.05, 0) is 24.3 Å². The van der Waals surface area contributed by atoms with Crippen molar-refractivity contribution in [1.82, 2.24) is 5.32 Å². The molecule has 1 N–H and O–H groups in total. The van der Waals surface area contributed by atoms with E-state index in [2.05, 4.69) is 12.2 Å². The van der Waals surface area contributed by atoms with Gasteiger partial charge in [-0.2, -0.15) is 0 Å². The molecule has 7 nitrogen and oxygen atoms in total. The number of methoxy groups -OCH3 is 1. The number of ether oxygens (including phenoxy) is 2. The third-order valence-corrected chi connectivity index (χ3v) is 7.33. The summed E-state index contributed by atoms with van der Waals surface area (Å²) >= 11 is 0. The van der Waals surface area contributed by atoms with Gasteiger partial charge in [0, 0.05) is 25.2 Å². The van der Waals surface area contributed by atoms with Crippen molar-refractivity contribution < 1.29 is 28.7 Å². The number of rotatable bonds is 23. The van der Waals surface area contributed by atoms with E-state index in [1.807, 2.05) is 44.2 Å². The van der Waals surface area contributed by atoms with Crippen LogP contribution in [0.5, 0.6) is 0 Å². The van der Waals surface area contributed by atoms with E-state index in [0.29, 0.717) is 6.42 Å². The Bertz CT molecular complexity index is 854. The Labute approximate surface area is 242 Å². The third kappa shape index (κ3) is 16.4. The Morgan fingerprint density at radius 1 is 0.800 bits per heavy atom. The number of Topliss-reactive ketones (excluding diaryl/α,β-unsaturated/α-hetero) is 1. The quantitative estimate of drug-likeness (QED) is 0.113. The molecule has 226 valence electrons. The first kappa shape index (κ1) is 35.3. The van der Waals surface area contributed by atoms with Crippen LogP contribution < -0.4 is 5.32 Å². The SMILES string of the molecule is CCCCCCCCCCCCCC(=O)C[C@H](C(=O)N[C@H](CCC(=O)OCc1ccccc1)C(=O)OC)C(C)C. The molecule has 40 heavy (non-hydrogen) atoms. The standard InChI is InChI=1S/C33H53NO6/c1-5-6-7-8-9-10-11-12-13-14-18-21-28(35)24-29(26(2)3)32(37)34-30(33(38)39-4)22-23-31(36)40-25-27-19-16-15-17-20-27/h15-17,19-20,26,29-30H,5-14,18,21-25H2,1-4H3,(H,34,37)/t29-,30+/m0/s1. The Morgan fingerprint density at radius 3 is 1.93 bits per heavy atom. The van der Waals surface area contributed by atoms with E-state index in [1.165, 1.54) is 58.5 Å².